The van der Waals surface area contributed by atoms with Crippen molar-refractivity contribution in [2.75, 3.05) is 6.61 Å². The van der Waals surface area contributed by atoms with Crippen LogP contribution in [0.1, 0.15) is 38.2 Å². The molecular weight excluding hydrogens is 436 g/mol. The lowest BCUT2D eigenvalue weighted by atomic mass is 9.94. The molecule has 4 N–H and O–H groups in total. The zero-order valence-corrected chi connectivity index (χ0v) is 18.3. The van der Waals surface area contributed by atoms with Crippen molar-refractivity contribution in [3.8, 4) is 5.75 Å². The molecule has 1 aromatic carbocycles. The standard InChI is InChI=1S/C23H30O10/c1-13(25)30-22-20(29)23(31-17-5-3-2-4-16(17)27)32-18(12-24)21(22)33-19(28)11-8-14-6-9-15(26)10-7-14/h6-11,16-18,20-24,26-27,29H,2-5,12H2,1H3/b11-8+/t16-,17-,18+,20+,21+,22+,23+/m0/s1. The number of carbonyl (C=O) groups is 2. The highest BCUT2D eigenvalue weighted by Gasteiger charge is 2.50. The number of hydrogen-bond donors (Lipinski definition) is 4. The Morgan fingerprint density at radius 2 is 1.79 bits per heavy atom. The van der Waals surface area contributed by atoms with Crippen LogP contribution in [0.3, 0.4) is 0 Å². The van der Waals surface area contributed by atoms with Crippen LogP contribution in [0.25, 0.3) is 6.08 Å². The lowest BCUT2D eigenvalue weighted by Gasteiger charge is -2.44. The average Bonchev–Trinajstić information content (AvgIpc) is 2.78. The highest BCUT2D eigenvalue weighted by Crippen LogP contribution is 2.30. The SMILES string of the molecule is CC(=O)O[C@@H]1[C@@H](O)[C@H](O[C@H]2CCCC[C@@H]2O)O[C@H](CO)[C@H]1OC(=O)/C=C/c1ccc(O)cc1. The van der Waals surface area contributed by atoms with Crippen molar-refractivity contribution in [2.45, 2.75) is 75.5 Å². The number of aromatic hydroxyl groups is 1. The minimum Gasteiger partial charge on any atom is -0.508 e. The number of esters is 2. The third-order valence-corrected chi connectivity index (χ3v) is 5.63. The van der Waals surface area contributed by atoms with Gasteiger partial charge in [0.2, 0.25) is 0 Å². The van der Waals surface area contributed by atoms with E-state index < -0.39 is 61.5 Å². The van der Waals surface area contributed by atoms with E-state index in [0.29, 0.717) is 18.4 Å². The molecule has 1 aliphatic carbocycles. The molecule has 182 valence electrons. The van der Waals surface area contributed by atoms with Crippen LogP contribution in [0.4, 0.5) is 0 Å². The molecule has 0 amide bonds. The Morgan fingerprint density at radius 3 is 2.42 bits per heavy atom. The van der Waals surface area contributed by atoms with E-state index in [1.807, 2.05) is 0 Å². The second kappa shape index (κ2) is 11.6. The van der Waals surface area contributed by atoms with Gasteiger partial charge in [-0.1, -0.05) is 25.0 Å². The van der Waals surface area contributed by atoms with Gasteiger partial charge in [0, 0.05) is 13.0 Å². The van der Waals surface area contributed by atoms with E-state index in [0.717, 1.165) is 25.8 Å². The van der Waals surface area contributed by atoms with E-state index in [2.05, 4.69) is 0 Å². The molecule has 0 radical (unpaired) electrons. The van der Waals surface area contributed by atoms with Gasteiger partial charge in [0.25, 0.3) is 0 Å². The van der Waals surface area contributed by atoms with E-state index in [4.69, 9.17) is 18.9 Å². The van der Waals surface area contributed by atoms with Gasteiger partial charge in [-0.2, -0.15) is 0 Å². The summed E-state index contributed by atoms with van der Waals surface area (Å²) in [5, 5.41) is 40.1. The normalized spacial score (nSPS) is 32.4. The third-order valence-electron chi connectivity index (χ3n) is 5.63. The van der Waals surface area contributed by atoms with E-state index in [1.165, 1.54) is 18.2 Å². The van der Waals surface area contributed by atoms with Gasteiger partial charge >= 0.3 is 11.9 Å². The molecule has 3 rings (SSSR count). The van der Waals surface area contributed by atoms with Crippen molar-refractivity contribution in [2.24, 2.45) is 0 Å². The van der Waals surface area contributed by atoms with E-state index in [-0.39, 0.29) is 5.75 Å². The Labute approximate surface area is 191 Å². The molecule has 2 aliphatic rings. The smallest absolute Gasteiger partial charge is 0.331 e. The van der Waals surface area contributed by atoms with Crippen LogP contribution in [0.15, 0.2) is 30.3 Å². The predicted molar refractivity (Wildman–Crippen MR) is 114 cm³/mol. The number of aliphatic hydroxyl groups is 3. The van der Waals surface area contributed by atoms with Gasteiger partial charge in [-0.15, -0.1) is 0 Å². The number of hydrogen-bond acceptors (Lipinski definition) is 10. The number of aliphatic hydroxyl groups excluding tert-OH is 3. The van der Waals surface area contributed by atoms with Crippen molar-refractivity contribution in [3.05, 3.63) is 35.9 Å². The van der Waals surface area contributed by atoms with Gasteiger partial charge < -0.3 is 39.4 Å². The number of carbonyl (C=O) groups excluding carboxylic acids is 2. The highest BCUT2D eigenvalue weighted by molar-refractivity contribution is 5.87. The molecule has 1 aliphatic heterocycles. The van der Waals surface area contributed by atoms with Crippen molar-refractivity contribution >= 4 is 18.0 Å². The zero-order valence-electron chi connectivity index (χ0n) is 18.3. The van der Waals surface area contributed by atoms with Crippen molar-refractivity contribution in [1.82, 2.24) is 0 Å². The molecule has 2 fully saturated rings. The number of ether oxygens (including phenoxy) is 4. The van der Waals surface area contributed by atoms with Gasteiger partial charge in [-0.3, -0.25) is 4.79 Å². The maximum Gasteiger partial charge on any atom is 0.331 e. The summed E-state index contributed by atoms with van der Waals surface area (Å²) in [5.74, 6) is -1.47. The van der Waals surface area contributed by atoms with Crippen molar-refractivity contribution in [3.63, 3.8) is 0 Å². The summed E-state index contributed by atoms with van der Waals surface area (Å²) in [6.45, 7) is 0.539. The summed E-state index contributed by atoms with van der Waals surface area (Å²) in [7, 11) is 0. The monoisotopic (exact) mass is 466 g/mol. The third kappa shape index (κ3) is 6.75. The molecule has 10 nitrogen and oxygen atoms in total. The van der Waals surface area contributed by atoms with Gasteiger partial charge in [0.05, 0.1) is 18.8 Å². The Hall–Kier alpha value is -2.50. The molecule has 1 heterocycles. The Morgan fingerprint density at radius 1 is 1.09 bits per heavy atom. The van der Waals surface area contributed by atoms with Gasteiger partial charge in [0.15, 0.2) is 18.5 Å². The predicted octanol–water partition coefficient (Wildman–Crippen LogP) is 0.647. The first-order valence-electron chi connectivity index (χ1n) is 10.9. The maximum atomic E-state index is 12.4. The molecule has 7 atom stereocenters. The van der Waals surface area contributed by atoms with Crippen molar-refractivity contribution < 1.29 is 49.0 Å². The number of phenolic OH excluding ortho intramolecular Hbond substituents is 1. The van der Waals surface area contributed by atoms with E-state index in [1.54, 1.807) is 12.1 Å². The summed E-state index contributed by atoms with van der Waals surface area (Å²) in [4.78, 5) is 24.1. The molecule has 10 heteroatoms. The highest BCUT2D eigenvalue weighted by atomic mass is 16.7. The molecule has 33 heavy (non-hydrogen) atoms. The first-order valence-corrected chi connectivity index (χ1v) is 10.9. The minimum atomic E-state index is -1.52. The van der Waals surface area contributed by atoms with Crippen LogP contribution < -0.4 is 0 Å². The second-order valence-corrected chi connectivity index (χ2v) is 8.14. The lowest BCUT2D eigenvalue weighted by molar-refractivity contribution is -0.321. The number of phenols is 1. The largest absolute Gasteiger partial charge is 0.508 e. The topological polar surface area (TPSA) is 152 Å². The van der Waals surface area contributed by atoms with E-state index in [9.17, 15) is 30.0 Å². The summed E-state index contributed by atoms with van der Waals surface area (Å²) >= 11 is 0. The van der Waals surface area contributed by atoms with Crippen LogP contribution in [-0.4, -0.2) is 81.9 Å². The quantitative estimate of drug-likeness (QED) is 0.333. The van der Waals surface area contributed by atoms with Crippen LogP contribution in [0.2, 0.25) is 0 Å². The summed E-state index contributed by atoms with van der Waals surface area (Å²) in [5.41, 5.74) is 0.624. The molecule has 1 aromatic rings. The Balaban J connectivity index is 1.72. The second-order valence-electron chi connectivity index (χ2n) is 8.14. The van der Waals surface area contributed by atoms with Crippen LogP contribution in [-0.2, 0) is 28.5 Å². The zero-order chi connectivity index (χ0) is 24.0. The van der Waals surface area contributed by atoms with Gasteiger partial charge in [0.1, 0.15) is 18.0 Å². The minimum absolute atomic E-state index is 0.0793. The molecule has 0 bridgehead atoms. The molecule has 0 aromatic heterocycles. The molecule has 1 saturated carbocycles. The maximum absolute atomic E-state index is 12.4. The fourth-order valence-corrected chi connectivity index (χ4v) is 3.95. The number of rotatable bonds is 7. The molecular formula is C23H30O10. The Bertz CT molecular complexity index is 823. The molecule has 0 unspecified atom stereocenters. The van der Waals surface area contributed by atoms with Crippen LogP contribution in [0.5, 0.6) is 5.75 Å². The molecule has 1 saturated heterocycles. The average molecular weight is 466 g/mol. The van der Waals surface area contributed by atoms with Gasteiger partial charge in [-0.05, 0) is 36.6 Å². The first kappa shape index (κ1) is 25.1. The summed E-state index contributed by atoms with van der Waals surface area (Å²) in [6.07, 6.45) is -2.54. The number of benzene rings is 1. The Kier molecular flexibility index (Phi) is 8.81. The summed E-state index contributed by atoms with van der Waals surface area (Å²) in [6, 6.07) is 6.09. The van der Waals surface area contributed by atoms with Crippen molar-refractivity contribution in [1.29, 1.82) is 0 Å². The molecule has 0 spiro atoms. The first-order chi connectivity index (χ1) is 15.8. The van der Waals surface area contributed by atoms with Crippen LogP contribution >= 0.6 is 0 Å². The fraction of sp³-hybridized carbons (Fsp3) is 0.565. The lowest BCUT2D eigenvalue weighted by Crippen LogP contribution is -2.62. The van der Waals surface area contributed by atoms with E-state index >= 15 is 0 Å². The van der Waals surface area contributed by atoms with Gasteiger partial charge in [-0.25, -0.2) is 4.79 Å². The fourth-order valence-electron chi connectivity index (χ4n) is 3.95. The van der Waals surface area contributed by atoms with Crippen LogP contribution in [0, 0.1) is 0 Å². The summed E-state index contributed by atoms with van der Waals surface area (Å²) < 4.78 is 22.0.